The normalized spacial score (nSPS) is 11.6. The molecular formula is C9H13BN2O2S. The van der Waals surface area contributed by atoms with E-state index in [1.807, 2.05) is 11.7 Å². The lowest BCUT2D eigenvalue weighted by atomic mass is 9.90. The van der Waals surface area contributed by atoms with E-state index in [9.17, 15) is 0 Å². The number of nitrogens with zero attached hydrogens (tertiary/aromatic N) is 2. The molecule has 0 saturated carbocycles. The molecule has 0 radical (unpaired) electrons. The summed E-state index contributed by atoms with van der Waals surface area (Å²) in [6, 6.07) is 1.73. The molecule has 0 amide bonds. The van der Waals surface area contributed by atoms with Crippen molar-refractivity contribution in [1.29, 1.82) is 0 Å². The maximum Gasteiger partial charge on any atom is 0.499 e. The summed E-state index contributed by atoms with van der Waals surface area (Å²) in [6.07, 6.45) is 0. The van der Waals surface area contributed by atoms with Gasteiger partial charge in [-0.25, -0.2) is 0 Å². The summed E-state index contributed by atoms with van der Waals surface area (Å²) in [6.45, 7) is 4.20. The van der Waals surface area contributed by atoms with Gasteiger partial charge >= 0.3 is 7.12 Å². The van der Waals surface area contributed by atoms with Crippen LogP contribution < -0.4 is 4.78 Å². The van der Waals surface area contributed by atoms with Crippen molar-refractivity contribution in [2.75, 3.05) is 0 Å². The monoisotopic (exact) mass is 224 g/mol. The molecule has 0 spiro atoms. The Hall–Kier alpha value is -0.845. The highest BCUT2D eigenvalue weighted by molar-refractivity contribution is 7.28. The van der Waals surface area contributed by atoms with Crippen LogP contribution >= 0.6 is 11.3 Å². The largest absolute Gasteiger partial charge is 0.499 e. The highest BCUT2D eigenvalue weighted by atomic mass is 32.1. The number of rotatable bonds is 2. The molecule has 0 aliphatic carbocycles. The summed E-state index contributed by atoms with van der Waals surface area (Å²) < 4.78 is 3.46. The second kappa shape index (κ2) is 3.62. The van der Waals surface area contributed by atoms with Crippen molar-refractivity contribution in [2.45, 2.75) is 19.8 Å². The molecule has 2 rings (SSSR count). The lowest BCUT2D eigenvalue weighted by molar-refractivity contribution is 0.427. The zero-order valence-corrected chi connectivity index (χ0v) is 9.75. The second-order valence-electron chi connectivity index (χ2n) is 3.90. The van der Waals surface area contributed by atoms with E-state index in [0.29, 0.717) is 10.7 Å². The molecular weight excluding hydrogens is 211 g/mol. The second-order valence-corrected chi connectivity index (χ2v) is 4.98. The number of fused-ring (bicyclic) bond motifs is 1. The van der Waals surface area contributed by atoms with Gasteiger partial charge in [-0.1, -0.05) is 13.8 Å². The zero-order chi connectivity index (χ0) is 11.2. The van der Waals surface area contributed by atoms with Gasteiger partial charge in [0.1, 0.15) is 5.52 Å². The molecule has 2 aromatic rings. The Bertz CT molecular complexity index is 489. The summed E-state index contributed by atoms with van der Waals surface area (Å²) in [4.78, 5) is 0. The predicted octanol–water partition coefficient (Wildman–Crippen LogP) is 0.438. The fraction of sp³-hybridized carbons (Fsp3) is 0.444. The molecule has 0 atom stereocenters. The summed E-state index contributed by atoms with van der Waals surface area (Å²) in [5, 5.41) is 22.5. The SMILES string of the molecule is CC(C)c1c2sc(B(O)O)cc2nn1C. The third kappa shape index (κ3) is 1.69. The smallest absolute Gasteiger partial charge is 0.423 e. The van der Waals surface area contributed by atoms with Crippen molar-refractivity contribution in [3.05, 3.63) is 11.8 Å². The number of thiophene rings is 1. The van der Waals surface area contributed by atoms with Crippen molar-refractivity contribution in [3.8, 4) is 0 Å². The average molecular weight is 224 g/mol. The van der Waals surface area contributed by atoms with Crippen LogP contribution in [0.1, 0.15) is 25.5 Å². The minimum Gasteiger partial charge on any atom is -0.423 e. The molecule has 4 nitrogen and oxygen atoms in total. The van der Waals surface area contributed by atoms with E-state index in [4.69, 9.17) is 10.0 Å². The summed E-state index contributed by atoms with van der Waals surface area (Å²) in [5.74, 6) is 0.377. The first-order valence-electron chi connectivity index (χ1n) is 4.83. The molecule has 0 aromatic carbocycles. The maximum atomic E-state index is 9.07. The van der Waals surface area contributed by atoms with Gasteiger partial charge in [0.15, 0.2) is 0 Å². The third-order valence-electron chi connectivity index (χ3n) is 2.37. The van der Waals surface area contributed by atoms with Gasteiger partial charge < -0.3 is 10.0 Å². The molecule has 2 N–H and O–H groups in total. The van der Waals surface area contributed by atoms with E-state index in [-0.39, 0.29) is 0 Å². The Morgan fingerprint density at radius 3 is 2.67 bits per heavy atom. The van der Waals surface area contributed by atoms with E-state index in [1.54, 1.807) is 6.07 Å². The molecule has 0 fully saturated rings. The van der Waals surface area contributed by atoms with E-state index in [0.717, 1.165) is 15.9 Å². The van der Waals surface area contributed by atoms with Gasteiger partial charge in [-0.15, -0.1) is 11.3 Å². The van der Waals surface area contributed by atoms with E-state index >= 15 is 0 Å². The zero-order valence-electron chi connectivity index (χ0n) is 8.93. The van der Waals surface area contributed by atoms with Crippen LogP contribution in [0.3, 0.4) is 0 Å². The molecule has 2 heterocycles. The lowest BCUT2D eigenvalue weighted by Crippen LogP contribution is -2.26. The Morgan fingerprint density at radius 1 is 1.47 bits per heavy atom. The Kier molecular flexibility index (Phi) is 2.58. The Labute approximate surface area is 92.3 Å². The van der Waals surface area contributed by atoms with Gasteiger partial charge in [0.05, 0.1) is 10.4 Å². The van der Waals surface area contributed by atoms with Crippen molar-refractivity contribution in [2.24, 2.45) is 7.05 Å². The topological polar surface area (TPSA) is 58.3 Å². The first-order chi connectivity index (χ1) is 7.00. The Balaban J connectivity index is 2.63. The number of hydrogen-bond acceptors (Lipinski definition) is 4. The van der Waals surface area contributed by atoms with E-state index in [1.165, 1.54) is 11.3 Å². The number of hydrogen-bond donors (Lipinski definition) is 2. The number of aromatic nitrogens is 2. The average Bonchev–Trinajstić information content (AvgIpc) is 2.58. The number of aryl methyl sites for hydroxylation is 1. The van der Waals surface area contributed by atoms with Crippen molar-refractivity contribution in [1.82, 2.24) is 9.78 Å². The molecule has 80 valence electrons. The van der Waals surface area contributed by atoms with Crippen LogP contribution in [-0.2, 0) is 7.05 Å². The van der Waals surface area contributed by atoms with E-state index in [2.05, 4.69) is 18.9 Å². The first kappa shape index (κ1) is 10.7. The highest BCUT2D eigenvalue weighted by Gasteiger charge is 2.20. The van der Waals surface area contributed by atoms with E-state index < -0.39 is 7.12 Å². The third-order valence-corrected chi connectivity index (χ3v) is 3.56. The maximum absolute atomic E-state index is 9.07. The minimum atomic E-state index is -1.39. The van der Waals surface area contributed by atoms with Crippen molar-refractivity contribution < 1.29 is 10.0 Å². The van der Waals surface area contributed by atoms with Gasteiger partial charge in [0.25, 0.3) is 0 Å². The minimum absolute atomic E-state index is 0.377. The molecule has 0 aliphatic rings. The summed E-state index contributed by atoms with van der Waals surface area (Å²) >= 11 is 1.40. The van der Waals surface area contributed by atoms with Crippen LogP contribution in [0.4, 0.5) is 0 Å². The fourth-order valence-electron chi connectivity index (χ4n) is 1.78. The lowest BCUT2D eigenvalue weighted by Gasteiger charge is -2.04. The predicted molar refractivity (Wildman–Crippen MR) is 62.5 cm³/mol. The van der Waals surface area contributed by atoms with Crippen LogP contribution in [0, 0.1) is 0 Å². The standard InChI is InChI=1S/C9H13BN2O2S/c1-5(2)8-9-6(11-12(8)3)4-7(15-9)10(13)14/h4-5,13-14H,1-3H3. The quantitative estimate of drug-likeness (QED) is 0.727. The fourth-order valence-corrected chi connectivity index (χ4v) is 2.97. The molecule has 15 heavy (non-hydrogen) atoms. The van der Waals surface area contributed by atoms with Gasteiger partial charge in [-0.3, -0.25) is 4.68 Å². The molecule has 0 aliphatic heterocycles. The molecule has 0 saturated heterocycles. The molecule has 2 aromatic heterocycles. The van der Waals surface area contributed by atoms with Gasteiger partial charge in [-0.05, 0) is 12.0 Å². The Morgan fingerprint density at radius 2 is 2.13 bits per heavy atom. The highest BCUT2D eigenvalue weighted by Crippen LogP contribution is 2.28. The van der Waals surface area contributed by atoms with Crippen molar-refractivity contribution in [3.63, 3.8) is 0 Å². The van der Waals surface area contributed by atoms with Crippen LogP contribution in [-0.4, -0.2) is 26.9 Å². The first-order valence-corrected chi connectivity index (χ1v) is 5.64. The van der Waals surface area contributed by atoms with Crippen LogP contribution in [0.15, 0.2) is 6.07 Å². The molecule has 6 heteroatoms. The van der Waals surface area contributed by atoms with Gasteiger partial charge in [0.2, 0.25) is 0 Å². The van der Waals surface area contributed by atoms with Crippen LogP contribution in [0.25, 0.3) is 10.2 Å². The molecule has 0 bridgehead atoms. The summed E-state index contributed by atoms with van der Waals surface area (Å²) in [7, 11) is 0.520. The van der Waals surface area contributed by atoms with Crippen LogP contribution in [0.2, 0.25) is 0 Å². The van der Waals surface area contributed by atoms with Crippen molar-refractivity contribution >= 4 is 33.4 Å². The van der Waals surface area contributed by atoms with Crippen LogP contribution in [0.5, 0.6) is 0 Å². The summed E-state index contributed by atoms with van der Waals surface area (Å²) in [5.41, 5.74) is 1.98. The molecule has 0 unspecified atom stereocenters. The van der Waals surface area contributed by atoms with Gasteiger partial charge in [0, 0.05) is 11.8 Å². The van der Waals surface area contributed by atoms with Gasteiger partial charge in [-0.2, -0.15) is 5.10 Å².